The first-order chi connectivity index (χ1) is 12.2. The van der Waals surface area contributed by atoms with Gasteiger partial charge < -0.3 is 4.74 Å². The van der Waals surface area contributed by atoms with E-state index < -0.39 is 0 Å². The number of fused-ring (bicyclic) bond motifs is 1. The van der Waals surface area contributed by atoms with Crippen LogP contribution in [0.15, 0.2) is 51.9 Å². The number of hydrogen-bond donors (Lipinski definition) is 1. The first-order valence-electron chi connectivity index (χ1n) is 7.60. The second-order valence-electron chi connectivity index (χ2n) is 5.26. The lowest BCUT2D eigenvalue weighted by atomic mass is 10.1. The zero-order valence-electron chi connectivity index (χ0n) is 13.9. The summed E-state index contributed by atoms with van der Waals surface area (Å²) in [5, 5.41) is 4.00. The number of para-hydroxylation sites is 1. The summed E-state index contributed by atoms with van der Waals surface area (Å²) in [6, 6.07) is 13.6. The number of aromatic nitrogens is 1. The van der Waals surface area contributed by atoms with Gasteiger partial charge in [-0.05, 0) is 48.4 Å². The number of nitrogens with zero attached hydrogens (tertiary/aromatic N) is 2. The number of aryl methyl sites for hydroxylation is 1. The standard InChI is InChI=1S/C18H17N3O2S2/c1-12-9-13(7-8-15(12)23-2)10-19-21-17(22)11-24-18-20-14-5-3-4-6-16(14)25-18/h3-10H,11H2,1-2H3,(H,21,22)/b19-10+. The predicted molar refractivity (Wildman–Crippen MR) is 104 cm³/mol. The van der Waals surface area contributed by atoms with Gasteiger partial charge in [-0.25, -0.2) is 10.4 Å². The second kappa shape index (κ2) is 8.13. The smallest absolute Gasteiger partial charge is 0.250 e. The van der Waals surface area contributed by atoms with Gasteiger partial charge in [0.1, 0.15) is 5.75 Å². The van der Waals surface area contributed by atoms with Crippen molar-refractivity contribution in [2.45, 2.75) is 11.3 Å². The number of thiazole rings is 1. The number of hydrazone groups is 1. The number of carbonyl (C=O) groups excluding carboxylic acids is 1. The Labute approximate surface area is 154 Å². The Morgan fingerprint density at radius 2 is 2.20 bits per heavy atom. The maximum absolute atomic E-state index is 11.9. The van der Waals surface area contributed by atoms with Crippen LogP contribution >= 0.6 is 23.1 Å². The Hall–Kier alpha value is -2.38. The predicted octanol–water partition coefficient (Wildman–Crippen LogP) is 3.86. The average molecular weight is 371 g/mol. The number of rotatable bonds is 6. The fraction of sp³-hybridized carbons (Fsp3) is 0.167. The SMILES string of the molecule is COc1ccc(/C=N/NC(=O)CSc2nc3ccccc3s2)cc1C. The molecule has 5 nitrogen and oxygen atoms in total. The van der Waals surface area contributed by atoms with Gasteiger partial charge in [-0.1, -0.05) is 23.9 Å². The van der Waals surface area contributed by atoms with E-state index in [-0.39, 0.29) is 11.7 Å². The highest BCUT2D eigenvalue weighted by atomic mass is 32.2. The first-order valence-corrected chi connectivity index (χ1v) is 9.41. The molecular formula is C18H17N3O2S2. The van der Waals surface area contributed by atoms with Crippen molar-refractivity contribution in [2.24, 2.45) is 5.10 Å². The van der Waals surface area contributed by atoms with Crippen LogP contribution in [-0.2, 0) is 4.79 Å². The molecule has 128 valence electrons. The molecule has 3 aromatic rings. The minimum absolute atomic E-state index is 0.161. The maximum Gasteiger partial charge on any atom is 0.250 e. The molecule has 1 heterocycles. The Kier molecular flexibility index (Phi) is 5.67. The fourth-order valence-corrected chi connectivity index (χ4v) is 4.09. The molecule has 1 N–H and O–H groups in total. The molecule has 0 radical (unpaired) electrons. The van der Waals surface area contributed by atoms with Crippen molar-refractivity contribution < 1.29 is 9.53 Å². The number of ether oxygens (including phenoxy) is 1. The monoisotopic (exact) mass is 371 g/mol. The number of nitrogens with one attached hydrogen (secondary N) is 1. The molecular weight excluding hydrogens is 354 g/mol. The van der Waals surface area contributed by atoms with Gasteiger partial charge in [0.25, 0.3) is 5.91 Å². The molecule has 2 aromatic carbocycles. The molecule has 0 saturated heterocycles. The van der Waals surface area contributed by atoms with Crippen LogP contribution in [0.4, 0.5) is 0 Å². The van der Waals surface area contributed by atoms with Gasteiger partial charge in [-0.3, -0.25) is 4.79 Å². The van der Waals surface area contributed by atoms with Gasteiger partial charge in [0, 0.05) is 0 Å². The number of methoxy groups -OCH3 is 1. The number of hydrogen-bond acceptors (Lipinski definition) is 6. The maximum atomic E-state index is 11.9. The number of carbonyl (C=O) groups is 1. The molecule has 3 rings (SSSR count). The van der Waals surface area contributed by atoms with E-state index in [1.54, 1.807) is 24.7 Å². The third-order valence-electron chi connectivity index (χ3n) is 3.42. The summed E-state index contributed by atoms with van der Waals surface area (Å²) in [4.78, 5) is 16.4. The van der Waals surface area contributed by atoms with Crippen molar-refractivity contribution in [3.63, 3.8) is 0 Å². The van der Waals surface area contributed by atoms with Crippen molar-refractivity contribution >= 4 is 45.4 Å². The van der Waals surface area contributed by atoms with Gasteiger partial charge in [0.2, 0.25) is 0 Å². The van der Waals surface area contributed by atoms with Gasteiger partial charge in [0.05, 0.1) is 29.3 Å². The van der Waals surface area contributed by atoms with Crippen LogP contribution in [0.25, 0.3) is 10.2 Å². The molecule has 25 heavy (non-hydrogen) atoms. The highest BCUT2D eigenvalue weighted by Crippen LogP contribution is 2.29. The second-order valence-corrected chi connectivity index (χ2v) is 7.51. The van der Waals surface area contributed by atoms with E-state index in [1.165, 1.54) is 11.8 Å². The van der Waals surface area contributed by atoms with E-state index in [0.29, 0.717) is 0 Å². The molecule has 0 spiro atoms. The molecule has 0 fully saturated rings. The fourth-order valence-electron chi connectivity index (χ4n) is 2.23. The van der Waals surface area contributed by atoms with Crippen LogP contribution in [0.5, 0.6) is 5.75 Å². The summed E-state index contributed by atoms with van der Waals surface area (Å²) < 4.78 is 7.22. The summed E-state index contributed by atoms with van der Waals surface area (Å²) in [5.41, 5.74) is 5.42. The average Bonchev–Trinajstić information content (AvgIpc) is 3.03. The molecule has 0 bridgehead atoms. The number of amides is 1. The third kappa shape index (κ3) is 4.58. The van der Waals surface area contributed by atoms with Crippen molar-refractivity contribution in [3.05, 3.63) is 53.6 Å². The third-order valence-corrected chi connectivity index (χ3v) is 5.60. The van der Waals surface area contributed by atoms with Gasteiger partial charge in [-0.2, -0.15) is 5.10 Å². The quantitative estimate of drug-likeness (QED) is 0.406. The zero-order valence-corrected chi connectivity index (χ0v) is 15.5. The topological polar surface area (TPSA) is 63.6 Å². The largest absolute Gasteiger partial charge is 0.496 e. The lowest BCUT2D eigenvalue weighted by Gasteiger charge is -2.04. The molecule has 1 aromatic heterocycles. The molecule has 1 amide bonds. The van der Waals surface area contributed by atoms with E-state index in [1.807, 2.05) is 49.4 Å². The van der Waals surface area contributed by atoms with Crippen LogP contribution in [0.2, 0.25) is 0 Å². The first kappa shape index (κ1) is 17.4. The van der Waals surface area contributed by atoms with Crippen LogP contribution in [0.3, 0.4) is 0 Å². The number of thioether (sulfide) groups is 1. The molecule has 0 aliphatic rings. The van der Waals surface area contributed by atoms with Crippen molar-refractivity contribution in [2.75, 3.05) is 12.9 Å². The summed E-state index contributed by atoms with van der Waals surface area (Å²) in [7, 11) is 1.64. The highest BCUT2D eigenvalue weighted by molar-refractivity contribution is 8.01. The van der Waals surface area contributed by atoms with E-state index in [2.05, 4.69) is 15.5 Å². The van der Waals surface area contributed by atoms with E-state index in [0.717, 1.165) is 31.4 Å². The van der Waals surface area contributed by atoms with Gasteiger partial charge >= 0.3 is 0 Å². The summed E-state index contributed by atoms with van der Waals surface area (Å²) in [6.07, 6.45) is 1.62. The Balaban J connectivity index is 1.51. The molecule has 7 heteroatoms. The molecule has 0 aliphatic heterocycles. The Bertz CT molecular complexity index is 889. The zero-order chi connectivity index (χ0) is 17.6. The van der Waals surface area contributed by atoms with Gasteiger partial charge in [0.15, 0.2) is 4.34 Å². The lowest BCUT2D eigenvalue weighted by molar-refractivity contribution is -0.118. The van der Waals surface area contributed by atoms with Crippen molar-refractivity contribution in [3.8, 4) is 5.75 Å². The van der Waals surface area contributed by atoms with Crippen LogP contribution < -0.4 is 10.2 Å². The summed E-state index contributed by atoms with van der Waals surface area (Å²) in [6.45, 7) is 1.96. The van der Waals surface area contributed by atoms with Crippen LogP contribution in [0.1, 0.15) is 11.1 Å². The van der Waals surface area contributed by atoms with Crippen molar-refractivity contribution in [1.82, 2.24) is 10.4 Å². The van der Waals surface area contributed by atoms with E-state index >= 15 is 0 Å². The van der Waals surface area contributed by atoms with Crippen LogP contribution in [0, 0.1) is 6.92 Å². The Morgan fingerprint density at radius 1 is 1.36 bits per heavy atom. The molecule has 0 atom stereocenters. The van der Waals surface area contributed by atoms with Crippen molar-refractivity contribution in [1.29, 1.82) is 0 Å². The van der Waals surface area contributed by atoms with Gasteiger partial charge in [-0.15, -0.1) is 11.3 Å². The lowest BCUT2D eigenvalue weighted by Crippen LogP contribution is -2.19. The highest BCUT2D eigenvalue weighted by Gasteiger charge is 2.07. The number of benzene rings is 2. The summed E-state index contributed by atoms with van der Waals surface area (Å²) in [5.74, 6) is 0.942. The minimum Gasteiger partial charge on any atom is -0.496 e. The van der Waals surface area contributed by atoms with E-state index in [4.69, 9.17) is 4.74 Å². The molecule has 0 unspecified atom stereocenters. The molecule has 0 aliphatic carbocycles. The Morgan fingerprint density at radius 3 is 2.96 bits per heavy atom. The van der Waals surface area contributed by atoms with Crippen LogP contribution in [-0.4, -0.2) is 30.0 Å². The normalized spacial score (nSPS) is 11.1. The minimum atomic E-state index is -0.161. The van der Waals surface area contributed by atoms with E-state index in [9.17, 15) is 4.79 Å². The summed E-state index contributed by atoms with van der Waals surface area (Å²) >= 11 is 3.00. The molecule has 0 saturated carbocycles.